The second-order valence-corrected chi connectivity index (χ2v) is 3.66. The van der Waals surface area contributed by atoms with Gasteiger partial charge in [-0.2, -0.15) is 0 Å². The van der Waals surface area contributed by atoms with E-state index in [9.17, 15) is 4.79 Å². The van der Waals surface area contributed by atoms with Gasteiger partial charge in [0.05, 0.1) is 12.5 Å². The zero-order valence-electron chi connectivity index (χ0n) is 9.30. The summed E-state index contributed by atoms with van der Waals surface area (Å²) >= 11 is 0. The van der Waals surface area contributed by atoms with E-state index in [1.807, 2.05) is 13.8 Å². The van der Waals surface area contributed by atoms with Gasteiger partial charge in [-0.05, 0) is 19.3 Å². The van der Waals surface area contributed by atoms with Gasteiger partial charge in [0, 0.05) is 0 Å². The molecule has 0 saturated heterocycles. The molecule has 0 saturated carbocycles. The quantitative estimate of drug-likeness (QED) is 0.596. The molecule has 2 heteroatoms. The van der Waals surface area contributed by atoms with Crippen LogP contribution in [0.3, 0.4) is 0 Å². The molecule has 0 aliphatic heterocycles. The molecule has 2 atom stereocenters. The van der Waals surface area contributed by atoms with Crippen LogP contribution in [0.4, 0.5) is 0 Å². The third kappa shape index (κ3) is 4.91. The van der Waals surface area contributed by atoms with Gasteiger partial charge in [-0.15, -0.1) is 0 Å². The van der Waals surface area contributed by atoms with Gasteiger partial charge in [0.15, 0.2) is 0 Å². The van der Waals surface area contributed by atoms with Crippen molar-refractivity contribution in [2.75, 3.05) is 6.61 Å². The Kier molecular flexibility index (Phi) is 6.65. The summed E-state index contributed by atoms with van der Waals surface area (Å²) in [5, 5.41) is 0. The predicted molar refractivity (Wildman–Crippen MR) is 54.5 cm³/mol. The molecule has 13 heavy (non-hydrogen) atoms. The number of hydrogen-bond acceptors (Lipinski definition) is 2. The maximum absolute atomic E-state index is 11.3. The lowest BCUT2D eigenvalue weighted by atomic mass is 9.91. The largest absolute Gasteiger partial charge is 0.466 e. The summed E-state index contributed by atoms with van der Waals surface area (Å²) in [5.41, 5.74) is 0. The molecule has 0 aliphatic rings. The molecule has 0 fully saturated rings. The van der Waals surface area contributed by atoms with Crippen molar-refractivity contribution in [3.05, 3.63) is 0 Å². The molecule has 78 valence electrons. The lowest BCUT2D eigenvalue weighted by Crippen LogP contribution is -2.21. The molecule has 0 aromatic rings. The third-order valence-corrected chi connectivity index (χ3v) is 2.52. The van der Waals surface area contributed by atoms with Crippen LogP contribution < -0.4 is 0 Å². The van der Waals surface area contributed by atoms with Crippen LogP contribution in [0.1, 0.15) is 47.0 Å². The first kappa shape index (κ1) is 12.5. The van der Waals surface area contributed by atoms with Gasteiger partial charge in [-0.25, -0.2) is 0 Å². The number of esters is 1. The first-order valence-corrected chi connectivity index (χ1v) is 5.30. The minimum atomic E-state index is -0.0499. The van der Waals surface area contributed by atoms with E-state index in [1.54, 1.807) is 0 Å². The summed E-state index contributed by atoms with van der Waals surface area (Å²) in [6, 6.07) is 0. The molecule has 0 bridgehead atoms. The summed E-state index contributed by atoms with van der Waals surface area (Å²) in [4.78, 5) is 11.3. The van der Waals surface area contributed by atoms with Crippen molar-refractivity contribution in [2.45, 2.75) is 47.0 Å². The Morgan fingerprint density at radius 1 is 1.31 bits per heavy atom. The monoisotopic (exact) mass is 186 g/mol. The molecule has 0 amide bonds. The Morgan fingerprint density at radius 3 is 2.38 bits per heavy atom. The van der Waals surface area contributed by atoms with Crippen LogP contribution in [-0.4, -0.2) is 12.6 Å². The highest BCUT2D eigenvalue weighted by Crippen LogP contribution is 2.18. The fraction of sp³-hybridized carbons (Fsp3) is 0.909. The molecule has 0 unspecified atom stereocenters. The van der Waals surface area contributed by atoms with E-state index in [2.05, 4.69) is 13.8 Å². The first-order chi connectivity index (χ1) is 6.13. The molecule has 0 heterocycles. The molecular weight excluding hydrogens is 164 g/mol. The highest BCUT2D eigenvalue weighted by molar-refractivity contribution is 5.72. The SMILES string of the molecule is CCCC[C@H](C)[C@H](C)C(=O)OCC. The second-order valence-electron chi connectivity index (χ2n) is 3.66. The fourth-order valence-electron chi connectivity index (χ4n) is 1.28. The van der Waals surface area contributed by atoms with Crippen molar-refractivity contribution in [1.29, 1.82) is 0 Å². The van der Waals surface area contributed by atoms with Gasteiger partial charge in [-0.3, -0.25) is 4.79 Å². The van der Waals surface area contributed by atoms with Gasteiger partial charge >= 0.3 is 5.97 Å². The van der Waals surface area contributed by atoms with E-state index in [4.69, 9.17) is 4.74 Å². The van der Waals surface area contributed by atoms with Crippen LogP contribution >= 0.6 is 0 Å². The molecule has 0 aliphatic carbocycles. The number of carbonyl (C=O) groups excluding carboxylic acids is 1. The predicted octanol–water partition coefficient (Wildman–Crippen LogP) is 3.01. The maximum atomic E-state index is 11.3. The normalized spacial score (nSPS) is 15.1. The molecule has 0 rings (SSSR count). The van der Waals surface area contributed by atoms with Crippen LogP contribution in [0.2, 0.25) is 0 Å². The molecule has 0 radical (unpaired) electrons. The van der Waals surface area contributed by atoms with Crippen LogP contribution in [-0.2, 0) is 9.53 Å². The smallest absolute Gasteiger partial charge is 0.308 e. The highest BCUT2D eigenvalue weighted by Gasteiger charge is 2.20. The van der Waals surface area contributed by atoms with E-state index in [-0.39, 0.29) is 11.9 Å². The summed E-state index contributed by atoms with van der Waals surface area (Å²) < 4.78 is 4.97. The molecule has 0 N–H and O–H groups in total. The number of unbranched alkanes of at least 4 members (excludes halogenated alkanes) is 1. The Morgan fingerprint density at radius 2 is 1.92 bits per heavy atom. The van der Waals surface area contributed by atoms with E-state index >= 15 is 0 Å². The van der Waals surface area contributed by atoms with Gasteiger partial charge in [0.2, 0.25) is 0 Å². The number of hydrogen-bond donors (Lipinski definition) is 0. The Balaban J connectivity index is 3.79. The minimum absolute atomic E-state index is 0.0477. The van der Waals surface area contributed by atoms with E-state index in [0.29, 0.717) is 12.5 Å². The Hall–Kier alpha value is -0.530. The second kappa shape index (κ2) is 6.93. The number of ether oxygens (including phenoxy) is 1. The third-order valence-electron chi connectivity index (χ3n) is 2.52. The van der Waals surface area contributed by atoms with Crippen molar-refractivity contribution in [3.63, 3.8) is 0 Å². The molecule has 0 aromatic heterocycles. The minimum Gasteiger partial charge on any atom is -0.466 e. The van der Waals surface area contributed by atoms with Crippen LogP contribution in [0.5, 0.6) is 0 Å². The van der Waals surface area contributed by atoms with E-state index in [0.717, 1.165) is 6.42 Å². The van der Waals surface area contributed by atoms with Crippen LogP contribution in [0, 0.1) is 11.8 Å². The van der Waals surface area contributed by atoms with Crippen molar-refractivity contribution < 1.29 is 9.53 Å². The molecule has 0 spiro atoms. The van der Waals surface area contributed by atoms with E-state index < -0.39 is 0 Å². The van der Waals surface area contributed by atoms with E-state index in [1.165, 1.54) is 12.8 Å². The Labute approximate surface area is 81.7 Å². The lowest BCUT2D eigenvalue weighted by Gasteiger charge is -2.17. The van der Waals surface area contributed by atoms with Gasteiger partial charge in [0.1, 0.15) is 0 Å². The van der Waals surface area contributed by atoms with Crippen LogP contribution in [0.15, 0.2) is 0 Å². The fourth-order valence-corrected chi connectivity index (χ4v) is 1.28. The zero-order chi connectivity index (χ0) is 10.3. The highest BCUT2D eigenvalue weighted by atomic mass is 16.5. The van der Waals surface area contributed by atoms with Crippen molar-refractivity contribution in [2.24, 2.45) is 11.8 Å². The van der Waals surface area contributed by atoms with Gasteiger partial charge < -0.3 is 4.74 Å². The topological polar surface area (TPSA) is 26.3 Å². The maximum Gasteiger partial charge on any atom is 0.308 e. The standard InChI is InChI=1S/C11H22O2/c1-5-7-8-9(3)10(4)11(12)13-6-2/h9-10H,5-8H2,1-4H3/t9-,10-/m0/s1. The lowest BCUT2D eigenvalue weighted by molar-refractivity contribution is -0.149. The number of carbonyl (C=O) groups is 1. The van der Waals surface area contributed by atoms with Gasteiger partial charge in [0.25, 0.3) is 0 Å². The summed E-state index contributed by atoms with van der Waals surface area (Å²) in [5.74, 6) is 0.441. The van der Waals surface area contributed by atoms with Gasteiger partial charge in [-0.1, -0.05) is 33.6 Å². The number of rotatable bonds is 6. The molecule has 2 nitrogen and oxygen atoms in total. The summed E-state index contributed by atoms with van der Waals surface area (Å²) in [6.45, 7) is 8.59. The van der Waals surface area contributed by atoms with Crippen molar-refractivity contribution >= 4 is 5.97 Å². The van der Waals surface area contributed by atoms with Crippen molar-refractivity contribution in [1.82, 2.24) is 0 Å². The summed E-state index contributed by atoms with van der Waals surface area (Å²) in [6.07, 6.45) is 3.52. The first-order valence-electron chi connectivity index (χ1n) is 5.30. The average molecular weight is 186 g/mol. The Bertz CT molecular complexity index is 143. The molecule has 0 aromatic carbocycles. The molecular formula is C11H22O2. The van der Waals surface area contributed by atoms with Crippen molar-refractivity contribution in [3.8, 4) is 0 Å². The average Bonchev–Trinajstić information content (AvgIpc) is 2.13. The zero-order valence-corrected chi connectivity index (χ0v) is 9.30. The van der Waals surface area contributed by atoms with Crippen LogP contribution in [0.25, 0.3) is 0 Å². The summed E-state index contributed by atoms with van der Waals surface area (Å²) in [7, 11) is 0.